The summed E-state index contributed by atoms with van der Waals surface area (Å²) in [5.74, 6) is 1.49. The van der Waals surface area contributed by atoms with E-state index in [9.17, 15) is 0 Å². The number of rotatable bonds is 3. The molecule has 138 valence electrons. The molecule has 0 aliphatic carbocycles. The van der Waals surface area contributed by atoms with Crippen molar-refractivity contribution in [3.05, 3.63) is 100 Å². The van der Waals surface area contributed by atoms with E-state index in [-0.39, 0.29) is 0 Å². The number of hydrogen-bond donors (Lipinski definition) is 0. The van der Waals surface area contributed by atoms with Gasteiger partial charge in [0.15, 0.2) is 11.7 Å². The van der Waals surface area contributed by atoms with Crippen molar-refractivity contribution in [3.63, 3.8) is 0 Å². The van der Waals surface area contributed by atoms with Crippen molar-refractivity contribution < 1.29 is 0 Å². The summed E-state index contributed by atoms with van der Waals surface area (Å²) in [5, 5.41) is 0.687. The molecule has 0 bridgehead atoms. The van der Waals surface area contributed by atoms with Gasteiger partial charge in [-0.3, -0.25) is 9.56 Å². The highest BCUT2D eigenvalue weighted by molar-refractivity contribution is 7.03. The van der Waals surface area contributed by atoms with E-state index in [0.717, 1.165) is 27.4 Å². The molecule has 0 saturated heterocycles. The topological polar surface area (TPSA) is 42.5 Å². The lowest BCUT2D eigenvalue weighted by atomic mass is 10.2. The lowest BCUT2D eigenvalue weighted by Gasteiger charge is -2.08. The van der Waals surface area contributed by atoms with E-state index in [1.165, 1.54) is 11.5 Å². The van der Waals surface area contributed by atoms with Gasteiger partial charge in [0.25, 0.3) is 0 Å². The zero-order valence-electron chi connectivity index (χ0n) is 15.2. The molecular formula is C22H17ClN4S. The van der Waals surface area contributed by atoms with Crippen LogP contribution in [-0.2, 0) is 0 Å². The molecule has 3 aromatic carbocycles. The summed E-state index contributed by atoms with van der Waals surface area (Å²) in [6, 6.07) is 27.7. The van der Waals surface area contributed by atoms with Crippen molar-refractivity contribution in [2.45, 2.75) is 0 Å². The number of hydrogen-bond acceptors (Lipinski definition) is 3. The minimum atomic E-state index is 0.659. The smallest absolute Gasteiger partial charge is 0.215 e. The van der Waals surface area contributed by atoms with Gasteiger partial charge in [-0.15, -0.1) is 0 Å². The van der Waals surface area contributed by atoms with E-state index < -0.39 is 0 Å². The number of aliphatic imine (C=N–C) groups is 1. The lowest BCUT2D eigenvalue weighted by Crippen LogP contribution is -2.16. The quantitative estimate of drug-likeness (QED) is 0.340. The van der Waals surface area contributed by atoms with Crippen LogP contribution in [0.5, 0.6) is 0 Å². The maximum atomic E-state index is 6.09. The van der Waals surface area contributed by atoms with Gasteiger partial charge in [0.05, 0.1) is 5.69 Å². The average Bonchev–Trinajstić information content (AvgIpc) is 3.17. The molecule has 4 aromatic rings. The van der Waals surface area contributed by atoms with Crippen molar-refractivity contribution in [1.29, 1.82) is 0 Å². The van der Waals surface area contributed by atoms with E-state index in [2.05, 4.69) is 9.37 Å². The van der Waals surface area contributed by atoms with Crippen LogP contribution in [0.1, 0.15) is 5.56 Å². The molecule has 0 spiro atoms. The van der Waals surface area contributed by atoms with Gasteiger partial charge in [0.1, 0.15) is 0 Å². The summed E-state index contributed by atoms with van der Waals surface area (Å²) in [6.45, 7) is 0. The molecular weight excluding hydrogens is 388 g/mol. The highest BCUT2D eigenvalue weighted by atomic mass is 35.5. The fourth-order valence-electron chi connectivity index (χ4n) is 2.84. The van der Waals surface area contributed by atoms with Crippen molar-refractivity contribution in [2.75, 3.05) is 7.05 Å². The summed E-state index contributed by atoms with van der Waals surface area (Å²) in [6.07, 6.45) is 0. The number of nitrogens with zero attached hydrogens (tertiary/aromatic N) is 4. The van der Waals surface area contributed by atoms with Gasteiger partial charge < -0.3 is 0 Å². The second kappa shape index (κ2) is 8.33. The van der Waals surface area contributed by atoms with Crippen LogP contribution in [0.4, 0.5) is 0 Å². The number of halogens is 1. The Morgan fingerprint density at radius 3 is 2.18 bits per heavy atom. The Morgan fingerprint density at radius 1 is 0.893 bits per heavy atom. The van der Waals surface area contributed by atoms with Gasteiger partial charge in [-0.1, -0.05) is 72.3 Å². The van der Waals surface area contributed by atoms with Gasteiger partial charge in [-0.25, -0.2) is 0 Å². The first kappa shape index (κ1) is 18.3. The molecule has 0 aliphatic rings. The van der Waals surface area contributed by atoms with E-state index in [0.29, 0.717) is 10.9 Å². The predicted octanol–water partition coefficient (Wildman–Crippen LogP) is 5.23. The van der Waals surface area contributed by atoms with Crippen molar-refractivity contribution in [1.82, 2.24) is 8.94 Å². The second-order valence-corrected chi connectivity index (χ2v) is 7.16. The predicted molar refractivity (Wildman–Crippen MR) is 116 cm³/mol. The number of aromatic nitrogens is 2. The van der Waals surface area contributed by atoms with E-state index in [1.54, 1.807) is 7.05 Å². The van der Waals surface area contributed by atoms with Gasteiger partial charge in [-0.05, 0) is 24.3 Å². The monoisotopic (exact) mass is 404 g/mol. The maximum absolute atomic E-state index is 6.09. The molecule has 0 atom stereocenters. The first-order valence-electron chi connectivity index (χ1n) is 8.73. The van der Waals surface area contributed by atoms with Gasteiger partial charge in [0.2, 0.25) is 4.80 Å². The fourth-order valence-corrected chi connectivity index (χ4v) is 3.72. The van der Waals surface area contributed by atoms with Crippen LogP contribution in [0.3, 0.4) is 0 Å². The van der Waals surface area contributed by atoms with Crippen LogP contribution in [0, 0.1) is 0 Å². The van der Waals surface area contributed by atoms with E-state index in [4.69, 9.17) is 16.6 Å². The lowest BCUT2D eigenvalue weighted by molar-refractivity contribution is 1.00. The average molecular weight is 405 g/mol. The van der Waals surface area contributed by atoms with Crippen molar-refractivity contribution in [2.24, 2.45) is 9.98 Å². The van der Waals surface area contributed by atoms with E-state index >= 15 is 0 Å². The standard InChI is InChI=1S/C22H17ClN4S/c1-24-20(16-8-4-2-5-9-16)25-22-27(19-14-12-18(23)13-15-19)21(26-28-22)17-10-6-3-7-11-17/h2-15H,1H3. The maximum Gasteiger partial charge on any atom is 0.215 e. The molecule has 0 saturated carbocycles. The summed E-state index contributed by atoms with van der Waals surface area (Å²) in [4.78, 5) is 9.95. The van der Waals surface area contributed by atoms with Gasteiger partial charge in [0, 0.05) is 34.7 Å². The summed E-state index contributed by atoms with van der Waals surface area (Å²) >= 11 is 7.43. The van der Waals surface area contributed by atoms with Crippen molar-refractivity contribution in [3.8, 4) is 17.1 Å². The molecule has 1 heterocycles. The molecule has 0 N–H and O–H groups in total. The van der Waals surface area contributed by atoms with Crippen LogP contribution >= 0.6 is 23.1 Å². The molecule has 0 fully saturated rings. The molecule has 0 aliphatic heterocycles. The zero-order chi connectivity index (χ0) is 19.3. The second-order valence-electron chi connectivity index (χ2n) is 5.99. The van der Waals surface area contributed by atoms with Gasteiger partial charge >= 0.3 is 0 Å². The summed E-state index contributed by atoms with van der Waals surface area (Å²) < 4.78 is 6.72. The highest BCUT2D eigenvalue weighted by Gasteiger charge is 2.13. The van der Waals surface area contributed by atoms with Crippen LogP contribution < -0.4 is 4.80 Å². The first-order chi connectivity index (χ1) is 13.8. The molecule has 1 aromatic heterocycles. The highest BCUT2D eigenvalue weighted by Crippen LogP contribution is 2.21. The van der Waals surface area contributed by atoms with Crippen LogP contribution in [0.2, 0.25) is 5.02 Å². The molecule has 0 radical (unpaired) electrons. The SMILES string of the molecule is CN=C(N=c1snc(-c2ccccc2)n1-c1ccc(Cl)cc1)c1ccccc1. The number of amidine groups is 1. The minimum Gasteiger partial charge on any atom is -0.270 e. The van der Waals surface area contributed by atoms with Crippen LogP contribution in [0.15, 0.2) is 94.9 Å². The molecule has 4 rings (SSSR count). The zero-order valence-corrected chi connectivity index (χ0v) is 16.7. The normalized spacial score (nSPS) is 12.4. The van der Waals surface area contributed by atoms with Gasteiger partial charge in [-0.2, -0.15) is 9.37 Å². The van der Waals surface area contributed by atoms with E-state index in [1.807, 2.05) is 89.5 Å². The molecule has 0 amide bonds. The Bertz CT molecular complexity index is 1160. The number of benzene rings is 3. The summed E-state index contributed by atoms with van der Waals surface area (Å²) in [5.41, 5.74) is 2.92. The third-order valence-corrected chi connectivity index (χ3v) is 5.13. The molecule has 4 nitrogen and oxygen atoms in total. The third kappa shape index (κ3) is 3.81. The van der Waals surface area contributed by atoms with Crippen LogP contribution in [0.25, 0.3) is 17.1 Å². The van der Waals surface area contributed by atoms with Crippen molar-refractivity contribution >= 4 is 29.0 Å². The molecule has 28 heavy (non-hydrogen) atoms. The Hall–Kier alpha value is -3.02. The largest absolute Gasteiger partial charge is 0.270 e. The first-order valence-corrected chi connectivity index (χ1v) is 9.88. The Kier molecular flexibility index (Phi) is 5.46. The Morgan fingerprint density at radius 2 is 1.54 bits per heavy atom. The minimum absolute atomic E-state index is 0.659. The molecule has 0 unspecified atom stereocenters. The molecule has 6 heteroatoms. The summed E-state index contributed by atoms with van der Waals surface area (Å²) in [7, 11) is 1.75. The fraction of sp³-hybridized carbons (Fsp3) is 0.0455. The Labute approximate surface area is 172 Å². The third-order valence-electron chi connectivity index (χ3n) is 4.18. The Balaban J connectivity index is 1.93. The van der Waals surface area contributed by atoms with Crippen LogP contribution in [-0.4, -0.2) is 21.8 Å².